The van der Waals surface area contributed by atoms with Gasteiger partial charge >= 0.3 is 6.01 Å². The highest BCUT2D eigenvalue weighted by atomic mass is 19.1. The molecule has 2 aromatic carbocycles. The van der Waals surface area contributed by atoms with Crippen molar-refractivity contribution in [1.29, 1.82) is 0 Å². The van der Waals surface area contributed by atoms with E-state index in [4.69, 9.17) is 25.6 Å². The molecule has 4 aromatic rings. The second-order valence-corrected chi connectivity index (χ2v) is 12.2. The fourth-order valence-corrected chi connectivity index (χ4v) is 7.53. The van der Waals surface area contributed by atoms with E-state index in [9.17, 15) is 13.9 Å². The number of benzene rings is 2. The van der Waals surface area contributed by atoms with Gasteiger partial charge in [0, 0.05) is 30.5 Å². The largest absolute Gasteiger partial charge is 0.508 e. The molecule has 6 heterocycles. The van der Waals surface area contributed by atoms with Crippen LogP contribution in [0.25, 0.3) is 32.9 Å². The van der Waals surface area contributed by atoms with Gasteiger partial charge in [-0.3, -0.25) is 4.90 Å². The predicted octanol–water partition coefficient (Wildman–Crippen LogP) is 4.75. The second-order valence-electron chi connectivity index (χ2n) is 12.2. The van der Waals surface area contributed by atoms with Gasteiger partial charge in [0.2, 0.25) is 5.88 Å². The first-order valence-corrected chi connectivity index (χ1v) is 15.2. The maximum absolute atomic E-state index is 16.9. The first-order chi connectivity index (χ1) is 21.8. The highest BCUT2D eigenvalue weighted by molar-refractivity contribution is 6.04. The molecule has 12 heteroatoms. The number of alkyl halides is 1. The normalized spacial score (nSPS) is 24.5. The van der Waals surface area contributed by atoms with Crippen LogP contribution in [0.5, 0.6) is 17.6 Å². The molecule has 2 aromatic heterocycles. The lowest BCUT2D eigenvalue weighted by molar-refractivity contribution is 0.107. The number of fused-ring (bicyclic) bond motifs is 2. The van der Waals surface area contributed by atoms with Crippen molar-refractivity contribution in [2.45, 2.75) is 43.4 Å². The van der Waals surface area contributed by atoms with Crippen molar-refractivity contribution in [3.05, 3.63) is 41.5 Å². The molecule has 4 aliphatic rings. The second kappa shape index (κ2) is 10.6. The lowest BCUT2D eigenvalue weighted by Crippen LogP contribution is -2.43. The van der Waals surface area contributed by atoms with Gasteiger partial charge in [-0.1, -0.05) is 12.0 Å². The third-order valence-electron chi connectivity index (χ3n) is 9.58. The molecule has 3 saturated heterocycles. The Bertz CT molecular complexity index is 1900. The monoisotopic (exact) mass is 617 g/mol. The summed E-state index contributed by atoms with van der Waals surface area (Å²) in [5.74, 6) is 1.19. The van der Waals surface area contributed by atoms with Crippen molar-refractivity contribution >= 4 is 27.5 Å². The third kappa shape index (κ3) is 4.51. The number of aromatic hydroxyl groups is 1. The molecule has 0 bridgehead atoms. The number of rotatable bonds is 5. The Hall–Kier alpha value is -4.34. The highest BCUT2D eigenvalue weighted by Crippen LogP contribution is 2.44. The van der Waals surface area contributed by atoms with Crippen LogP contribution in [-0.2, 0) is 4.74 Å². The van der Waals surface area contributed by atoms with Gasteiger partial charge in [0.05, 0.1) is 30.3 Å². The Morgan fingerprint density at radius 1 is 1.13 bits per heavy atom. The van der Waals surface area contributed by atoms with Crippen molar-refractivity contribution in [2.24, 2.45) is 0 Å². The van der Waals surface area contributed by atoms with Crippen LogP contribution >= 0.6 is 0 Å². The van der Waals surface area contributed by atoms with Gasteiger partial charge in [-0.2, -0.15) is 9.97 Å². The number of terminal acetylenes is 1. The van der Waals surface area contributed by atoms with E-state index in [0.29, 0.717) is 43.9 Å². The lowest BCUT2D eigenvalue weighted by atomic mass is 9.95. The summed E-state index contributed by atoms with van der Waals surface area (Å²) < 4.78 is 64.2. The third-order valence-corrected chi connectivity index (χ3v) is 9.58. The number of halogens is 3. The molecule has 232 valence electrons. The number of phenols is 1. The van der Waals surface area contributed by atoms with Crippen LogP contribution in [0.2, 0.25) is 0 Å². The van der Waals surface area contributed by atoms with Crippen molar-refractivity contribution in [1.82, 2.24) is 19.9 Å². The Balaban J connectivity index is 1.33. The van der Waals surface area contributed by atoms with Gasteiger partial charge in [-0.15, -0.1) is 6.42 Å². The number of aromatic nitrogens is 3. The molecule has 1 N–H and O–H groups in total. The van der Waals surface area contributed by atoms with E-state index in [2.05, 4.69) is 20.8 Å². The molecule has 0 spiro atoms. The molecule has 0 amide bonds. The van der Waals surface area contributed by atoms with E-state index in [1.807, 2.05) is 4.90 Å². The zero-order valence-electron chi connectivity index (χ0n) is 24.4. The van der Waals surface area contributed by atoms with E-state index in [1.165, 1.54) is 24.3 Å². The number of nitrogens with zero attached hydrogens (tertiary/aromatic N) is 5. The number of pyridine rings is 1. The van der Waals surface area contributed by atoms with Gasteiger partial charge in [-0.25, -0.2) is 18.2 Å². The molecule has 4 aliphatic heterocycles. The maximum Gasteiger partial charge on any atom is 0.319 e. The predicted molar refractivity (Wildman–Crippen MR) is 160 cm³/mol. The van der Waals surface area contributed by atoms with Crippen LogP contribution in [0.3, 0.4) is 0 Å². The minimum atomic E-state index is -0.936. The summed E-state index contributed by atoms with van der Waals surface area (Å²) in [6, 6.07) is 5.30. The van der Waals surface area contributed by atoms with Gasteiger partial charge in [0.15, 0.2) is 5.82 Å². The van der Waals surface area contributed by atoms with Crippen LogP contribution in [0.1, 0.15) is 31.2 Å². The molecule has 0 aliphatic carbocycles. The Morgan fingerprint density at radius 2 is 2.02 bits per heavy atom. The first kappa shape index (κ1) is 28.2. The molecule has 9 nitrogen and oxygen atoms in total. The number of hydrogen-bond donors (Lipinski definition) is 1. The summed E-state index contributed by atoms with van der Waals surface area (Å²) in [6.45, 7) is 3.02. The Kier molecular flexibility index (Phi) is 6.65. The zero-order valence-corrected chi connectivity index (χ0v) is 24.4. The van der Waals surface area contributed by atoms with Gasteiger partial charge < -0.3 is 24.2 Å². The summed E-state index contributed by atoms with van der Waals surface area (Å²) in [5.41, 5.74) is -0.780. The maximum atomic E-state index is 16.9. The molecule has 0 saturated carbocycles. The smallest absolute Gasteiger partial charge is 0.319 e. The quantitative estimate of drug-likeness (QED) is 0.319. The minimum absolute atomic E-state index is 0.0320. The Morgan fingerprint density at radius 3 is 2.84 bits per heavy atom. The van der Waals surface area contributed by atoms with Crippen molar-refractivity contribution < 1.29 is 32.5 Å². The summed E-state index contributed by atoms with van der Waals surface area (Å²) in [4.78, 5) is 18.0. The minimum Gasteiger partial charge on any atom is -0.508 e. The lowest BCUT2D eigenvalue weighted by Gasteiger charge is -2.31. The van der Waals surface area contributed by atoms with Gasteiger partial charge in [0.1, 0.15) is 53.4 Å². The van der Waals surface area contributed by atoms with Gasteiger partial charge in [0.25, 0.3) is 0 Å². The summed E-state index contributed by atoms with van der Waals surface area (Å²) >= 11 is 0. The van der Waals surface area contributed by atoms with E-state index < -0.39 is 23.3 Å². The molecule has 45 heavy (non-hydrogen) atoms. The molecule has 8 rings (SSSR count). The van der Waals surface area contributed by atoms with E-state index in [-0.39, 0.29) is 70.0 Å². The van der Waals surface area contributed by atoms with Crippen LogP contribution in [-0.4, -0.2) is 88.8 Å². The fourth-order valence-electron chi connectivity index (χ4n) is 7.53. The van der Waals surface area contributed by atoms with E-state index >= 15 is 4.39 Å². The van der Waals surface area contributed by atoms with Crippen molar-refractivity contribution in [3.8, 4) is 41.2 Å². The Labute approximate surface area is 256 Å². The molecule has 1 unspecified atom stereocenters. The standard InChI is InChI=1S/C33H30F3N5O4/c1-2-22-24(35)5-4-18-12-21(42)13-23(25(18)22)28-27(36)29-26-30(41(20-6-10-43-16-20)9-11-44-31(26)37-28)39-32(38-29)45-17-33-7-3-8-40(33)15-19(34)14-33/h1,4-5,12-13,19-20,42H,3,6-11,14-17H2/t19-,20?,33+/m1/s1. The fraction of sp³-hybridized carbons (Fsp3) is 0.424. The average Bonchev–Trinajstić information content (AvgIpc) is 3.73. The van der Waals surface area contributed by atoms with E-state index in [1.54, 1.807) is 0 Å². The topological polar surface area (TPSA) is 93.1 Å². The summed E-state index contributed by atoms with van der Waals surface area (Å²) in [7, 11) is 0. The number of phenolic OH excluding ortho intramolecular Hbond substituents is 1. The zero-order chi connectivity index (χ0) is 30.9. The van der Waals surface area contributed by atoms with Crippen LogP contribution in [0.15, 0.2) is 24.3 Å². The average molecular weight is 618 g/mol. The van der Waals surface area contributed by atoms with Crippen LogP contribution in [0, 0.1) is 24.0 Å². The number of ether oxygens (including phenoxy) is 3. The molecule has 0 radical (unpaired) electrons. The molecular formula is C33H30F3N5O4. The number of hydrogen-bond acceptors (Lipinski definition) is 9. The van der Waals surface area contributed by atoms with Crippen LogP contribution in [0.4, 0.5) is 19.0 Å². The molecular weight excluding hydrogens is 587 g/mol. The first-order valence-electron chi connectivity index (χ1n) is 15.2. The molecule has 3 atom stereocenters. The van der Waals surface area contributed by atoms with Crippen molar-refractivity contribution in [2.75, 3.05) is 51.0 Å². The van der Waals surface area contributed by atoms with Crippen molar-refractivity contribution in [3.63, 3.8) is 0 Å². The van der Waals surface area contributed by atoms with Crippen LogP contribution < -0.4 is 14.4 Å². The molecule has 3 fully saturated rings. The highest BCUT2D eigenvalue weighted by Gasteiger charge is 2.49. The summed E-state index contributed by atoms with van der Waals surface area (Å²) in [5, 5.41) is 11.5. The summed E-state index contributed by atoms with van der Waals surface area (Å²) in [6.07, 6.45) is 7.59. The SMILES string of the molecule is C#Cc1c(F)ccc2cc(O)cc(-c3nc4c5c(nc(OC[C@@]67CCCN6C[C@H](F)C7)nc5c3F)N(C3CCOC3)CCO4)c12. The van der Waals surface area contributed by atoms with E-state index in [0.717, 1.165) is 25.8 Å². The van der Waals surface area contributed by atoms with Gasteiger partial charge in [-0.05, 0) is 49.4 Å². The number of anilines is 1.